The lowest BCUT2D eigenvalue weighted by Crippen LogP contribution is -2.27. The molecule has 1 N–H and O–H groups in total. The molecular formula is C20H16BrN5O2. The SMILES string of the molecule is Cc1ccc(NC(=O)Cn2cnc3c(cnn3-c3ccc(Br)cc3)c2=O)cc1. The number of rotatable bonds is 4. The number of benzene rings is 2. The van der Waals surface area contributed by atoms with E-state index in [1.807, 2.05) is 55.5 Å². The van der Waals surface area contributed by atoms with Crippen molar-refractivity contribution in [1.82, 2.24) is 19.3 Å². The number of hydrogen-bond acceptors (Lipinski definition) is 4. The second-order valence-electron chi connectivity index (χ2n) is 6.36. The highest BCUT2D eigenvalue weighted by Gasteiger charge is 2.13. The average Bonchev–Trinajstić information content (AvgIpc) is 3.11. The Hall–Kier alpha value is -3.26. The first-order chi connectivity index (χ1) is 13.5. The summed E-state index contributed by atoms with van der Waals surface area (Å²) in [6, 6.07) is 15.0. The second-order valence-corrected chi connectivity index (χ2v) is 7.28. The van der Waals surface area contributed by atoms with E-state index in [1.54, 1.807) is 4.68 Å². The third-order valence-corrected chi connectivity index (χ3v) is 4.80. The molecule has 1 amide bonds. The Kier molecular flexibility index (Phi) is 4.79. The van der Waals surface area contributed by atoms with Gasteiger partial charge >= 0.3 is 0 Å². The van der Waals surface area contributed by atoms with E-state index in [0.717, 1.165) is 15.7 Å². The summed E-state index contributed by atoms with van der Waals surface area (Å²) in [4.78, 5) is 29.4. The highest BCUT2D eigenvalue weighted by molar-refractivity contribution is 9.10. The minimum atomic E-state index is -0.313. The van der Waals surface area contributed by atoms with Crippen LogP contribution in [0.1, 0.15) is 5.56 Å². The first kappa shape index (κ1) is 18.1. The van der Waals surface area contributed by atoms with Gasteiger partial charge in [-0.25, -0.2) is 9.67 Å². The smallest absolute Gasteiger partial charge is 0.264 e. The monoisotopic (exact) mass is 437 g/mol. The molecule has 0 saturated heterocycles. The summed E-state index contributed by atoms with van der Waals surface area (Å²) >= 11 is 3.39. The highest BCUT2D eigenvalue weighted by Crippen LogP contribution is 2.17. The fourth-order valence-electron chi connectivity index (χ4n) is 2.82. The van der Waals surface area contributed by atoms with Gasteiger partial charge in [-0.05, 0) is 43.3 Å². The lowest BCUT2D eigenvalue weighted by Gasteiger charge is -2.08. The van der Waals surface area contributed by atoms with Crippen LogP contribution >= 0.6 is 15.9 Å². The predicted octanol–water partition coefficient (Wildman–Crippen LogP) is 3.29. The highest BCUT2D eigenvalue weighted by atomic mass is 79.9. The van der Waals surface area contributed by atoms with Crippen molar-refractivity contribution in [2.45, 2.75) is 13.5 Å². The molecule has 2 aromatic heterocycles. The van der Waals surface area contributed by atoms with E-state index in [9.17, 15) is 9.59 Å². The molecule has 0 spiro atoms. The van der Waals surface area contributed by atoms with Gasteiger partial charge in [-0.15, -0.1) is 0 Å². The zero-order valence-corrected chi connectivity index (χ0v) is 16.5. The normalized spacial score (nSPS) is 10.9. The van der Waals surface area contributed by atoms with Crippen LogP contribution < -0.4 is 10.9 Å². The van der Waals surface area contributed by atoms with Crippen LogP contribution in [0.4, 0.5) is 5.69 Å². The van der Waals surface area contributed by atoms with Gasteiger partial charge in [0.1, 0.15) is 18.3 Å². The molecule has 0 fully saturated rings. The van der Waals surface area contributed by atoms with Crippen LogP contribution in [0.2, 0.25) is 0 Å². The molecule has 0 aliphatic heterocycles. The van der Waals surface area contributed by atoms with Crippen LogP contribution in [-0.4, -0.2) is 25.2 Å². The summed E-state index contributed by atoms with van der Waals surface area (Å²) in [7, 11) is 0. The van der Waals surface area contributed by atoms with Gasteiger partial charge in [-0.3, -0.25) is 14.2 Å². The average molecular weight is 438 g/mol. The van der Waals surface area contributed by atoms with Crippen LogP contribution in [0.5, 0.6) is 0 Å². The number of carbonyl (C=O) groups excluding carboxylic acids is 1. The lowest BCUT2D eigenvalue weighted by atomic mass is 10.2. The van der Waals surface area contributed by atoms with Gasteiger partial charge in [-0.1, -0.05) is 33.6 Å². The zero-order chi connectivity index (χ0) is 19.7. The van der Waals surface area contributed by atoms with Crippen LogP contribution in [-0.2, 0) is 11.3 Å². The molecule has 8 heteroatoms. The molecular weight excluding hydrogens is 422 g/mol. The summed E-state index contributed by atoms with van der Waals surface area (Å²) in [5.74, 6) is -0.299. The van der Waals surface area contributed by atoms with Crippen molar-refractivity contribution in [3.8, 4) is 5.69 Å². The molecule has 0 aliphatic carbocycles. The van der Waals surface area contributed by atoms with Crippen LogP contribution in [0.3, 0.4) is 0 Å². The van der Waals surface area contributed by atoms with Crippen molar-refractivity contribution in [1.29, 1.82) is 0 Å². The predicted molar refractivity (Wildman–Crippen MR) is 111 cm³/mol. The van der Waals surface area contributed by atoms with Crippen LogP contribution in [0.15, 0.2) is 70.3 Å². The number of nitrogens with zero attached hydrogens (tertiary/aromatic N) is 4. The number of anilines is 1. The second kappa shape index (κ2) is 7.40. The molecule has 140 valence electrons. The van der Waals surface area contributed by atoms with E-state index < -0.39 is 0 Å². The maximum Gasteiger partial charge on any atom is 0.264 e. The zero-order valence-electron chi connectivity index (χ0n) is 15.0. The first-order valence-electron chi connectivity index (χ1n) is 8.57. The van der Waals surface area contributed by atoms with Gasteiger partial charge in [-0.2, -0.15) is 5.10 Å². The minimum Gasteiger partial charge on any atom is -0.325 e. The van der Waals surface area contributed by atoms with Gasteiger partial charge in [0.25, 0.3) is 5.56 Å². The van der Waals surface area contributed by atoms with Crippen molar-refractivity contribution < 1.29 is 4.79 Å². The van der Waals surface area contributed by atoms with Crippen molar-refractivity contribution >= 4 is 38.6 Å². The molecule has 0 aliphatic rings. The number of nitrogens with one attached hydrogen (secondary N) is 1. The summed E-state index contributed by atoms with van der Waals surface area (Å²) in [6.07, 6.45) is 2.84. The van der Waals surface area contributed by atoms with E-state index >= 15 is 0 Å². The Labute approximate surface area is 168 Å². The Bertz CT molecular complexity index is 1210. The quantitative estimate of drug-likeness (QED) is 0.530. The molecule has 2 aromatic carbocycles. The summed E-state index contributed by atoms with van der Waals surface area (Å²) in [6.45, 7) is 1.85. The maximum absolute atomic E-state index is 12.7. The molecule has 0 atom stereocenters. The summed E-state index contributed by atoms with van der Waals surface area (Å²) < 4.78 is 3.82. The van der Waals surface area contributed by atoms with Crippen molar-refractivity contribution in [3.05, 3.63) is 81.4 Å². The van der Waals surface area contributed by atoms with E-state index in [-0.39, 0.29) is 18.0 Å². The first-order valence-corrected chi connectivity index (χ1v) is 9.36. The largest absolute Gasteiger partial charge is 0.325 e. The number of hydrogen-bond donors (Lipinski definition) is 1. The number of aryl methyl sites for hydroxylation is 1. The van der Waals surface area contributed by atoms with E-state index in [2.05, 4.69) is 31.3 Å². The number of fused-ring (bicyclic) bond motifs is 1. The van der Waals surface area contributed by atoms with Crippen molar-refractivity contribution in [2.24, 2.45) is 0 Å². The molecule has 2 heterocycles. The Morgan fingerprint density at radius 2 is 1.82 bits per heavy atom. The molecule has 0 bridgehead atoms. The number of amides is 1. The van der Waals surface area contributed by atoms with E-state index in [1.165, 1.54) is 17.1 Å². The molecule has 0 saturated carbocycles. The van der Waals surface area contributed by atoms with Gasteiger partial charge < -0.3 is 5.32 Å². The maximum atomic E-state index is 12.7. The molecule has 4 rings (SSSR count). The fourth-order valence-corrected chi connectivity index (χ4v) is 3.09. The molecule has 7 nitrogen and oxygen atoms in total. The molecule has 4 aromatic rings. The third-order valence-electron chi connectivity index (χ3n) is 4.27. The third kappa shape index (κ3) is 3.59. The fraction of sp³-hybridized carbons (Fsp3) is 0.100. The van der Waals surface area contributed by atoms with Crippen LogP contribution in [0, 0.1) is 6.92 Å². The van der Waals surface area contributed by atoms with E-state index in [0.29, 0.717) is 16.7 Å². The minimum absolute atomic E-state index is 0.126. The number of carbonyl (C=O) groups is 1. The Balaban J connectivity index is 1.60. The van der Waals surface area contributed by atoms with E-state index in [4.69, 9.17) is 0 Å². The molecule has 28 heavy (non-hydrogen) atoms. The van der Waals surface area contributed by atoms with Gasteiger partial charge in [0.05, 0.1) is 11.9 Å². The number of aromatic nitrogens is 4. The summed E-state index contributed by atoms with van der Waals surface area (Å²) in [5.41, 5.74) is 2.71. The molecule has 0 radical (unpaired) electrons. The molecule has 0 unspecified atom stereocenters. The summed E-state index contributed by atoms with van der Waals surface area (Å²) in [5, 5.41) is 7.41. The lowest BCUT2D eigenvalue weighted by molar-refractivity contribution is -0.116. The number of halogens is 1. The van der Waals surface area contributed by atoms with Crippen LogP contribution in [0.25, 0.3) is 16.7 Å². The standard InChI is InChI=1S/C20H16BrN5O2/c1-13-2-6-15(7-3-13)24-18(27)11-25-12-22-19-17(20(25)28)10-23-26(19)16-8-4-14(21)5-9-16/h2-10,12H,11H2,1H3,(H,24,27). The Morgan fingerprint density at radius 1 is 1.11 bits per heavy atom. The van der Waals surface area contributed by atoms with Gasteiger partial charge in [0, 0.05) is 10.2 Å². The van der Waals surface area contributed by atoms with Gasteiger partial charge in [0.2, 0.25) is 5.91 Å². The van der Waals surface area contributed by atoms with Gasteiger partial charge in [0.15, 0.2) is 5.65 Å². The van der Waals surface area contributed by atoms with Crippen molar-refractivity contribution in [2.75, 3.05) is 5.32 Å². The van der Waals surface area contributed by atoms with Crippen molar-refractivity contribution in [3.63, 3.8) is 0 Å². The topological polar surface area (TPSA) is 81.8 Å². The Morgan fingerprint density at radius 3 is 2.54 bits per heavy atom.